The normalized spacial score (nSPS) is 18.2. The summed E-state index contributed by atoms with van der Waals surface area (Å²) in [6.45, 7) is 0.879. The van der Waals surface area contributed by atoms with Crippen molar-refractivity contribution in [2.24, 2.45) is 0 Å². The molecule has 0 aromatic carbocycles. The molecule has 1 aliphatic rings. The Balaban J connectivity index is 2.34. The van der Waals surface area contributed by atoms with Crippen LogP contribution in [-0.2, 0) is 0 Å². The van der Waals surface area contributed by atoms with Crippen LogP contribution in [-0.4, -0.2) is 21.5 Å². The first-order valence-corrected chi connectivity index (χ1v) is 3.85. The lowest BCUT2D eigenvalue weighted by Crippen LogP contribution is -2.11. The number of hydrogen-bond donors (Lipinski definition) is 1. The third-order valence-corrected chi connectivity index (χ3v) is 1.89. The fourth-order valence-corrected chi connectivity index (χ4v) is 1.20. The molecular weight excluding hydrogens is 140 g/mol. The fourth-order valence-electron chi connectivity index (χ4n) is 0.507. The van der Waals surface area contributed by atoms with Gasteiger partial charge in [0.1, 0.15) is 6.67 Å². The van der Waals surface area contributed by atoms with Gasteiger partial charge < -0.3 is 8.61 Å². The molecule has 0 radical (unpaired) electrons. The van der Waals surface area contributed by atoms with E-state index in [-0.39, 0.29) is 0 Å². The number of rotatable bonds is 1. The van der Waals surface area contributed by atoms with Gasteiger partial charge in [0.05, 0.1) is 0 Å². The molecule has 1 rings (SSSR count). The van der Waals surface area contributed by atoms with Gasteiger partial charge in [-0.2, -0.15) is 0 Å². The van der Waals surface area contributed by atoms with Gasteiger partial charge in [0.15, 0.2) is 0 Å². The fraction of sp³-hybridized carbons (Fsp3) is 0.500. The van der Waals surface area contributed by atoms with Crippen LogP contribution in [0.5, 0.6) is 0 Å². The maximum atomic E-state index is 4.10. The quantitative estimate of drug-likeness (QED) is 0.440. The lowest BCUT2D eigenvalue weighted by molar-refractivity contribution is 0.525. The van der Waals surface area contributed by atoms with Crippen LogP contribution in [0.25, 0.3) is 0 Å². The molecule has 0 amide bonds. The largest absolute Gasteiger partial charge is 0.304 e. The summed E-state index contributed by atoms with van der Waals surface area (Å²) < 4.78 is 3.92. The van der Waals surface area contributed by atoms with Crippen LogP contribution in [0.3, 0.4) is 0 Å². The predicted octanol–water partition coefficient (Wildman–Crippen LogP) is 1.16. The summed E-state index contributed by atoms with van der Waals surface area (Å²) in [4.78, 5) is 0. The van der Waals surface area contributed by atoms with Crippen molar-refractivity contribution in [2.45, 2.75) is 0 Å². The molecule has 0 bridgehead atoms. The van der Waals surface area contributed by atoms with E-state index in [0.717, 1.165) is 6.67 Å². The first-order chi connectivity index (χ1) is 3.83. The standard InChI is InChI=1S/C4H8N2S2/c1-8-6-3-2-5(7)4-6/h2-3,7H,4H2,1H3. The number of nitrogens with zero attached hydrogens (tertiary/aromatic N) is 2. The van der Waals surface area contributed by atoms with Crippen LogP contribution < -0.4 is 0 Å². The smallest absolute Gasteiger partial charge is 0.110 e. The average molecular weight is 148 g/mol. The molecule has 0 aliphatic carbocycles. The minimum Gasteiger partial charge on any atom is -0.304 e. The summed E-state index contributed by atoms with van der Waals surface area (Å²) in [5.74, 6) is 0. The van der Waals surface area contributed by atoms with E-state index in [9.17, 15) is 0 Å². The van der Waals surface area contributed by atoms with Gasteiger partial charge >= 0.3 is 0 Å². The van der Waals surface area contributed by atoms with E-state index in [2.05, 4.69) is 17.1 Å². The molecular formula is C4H8N2S2. The van der Waals surface area contributed by atoms with E-state index < -0.39 is 0 Å². The average Bonchev–Trinajstić information content (AvgIpc) is 2.14. The molecule has 0 aromatic rings. The second kappa shape index (κ2) is 2.55. The van der Waals surface area contributed by atoms with Crippen molar-refractivity contribution < 1.29 is 0 Å². The minimum atomic E-state index is 0.879. The molecule has 8 heavy (non-hydrogen) atoms. The van der Waals surface area contributed by atoms with Crippen LogP contribution in [0.15, 0.2) is 12.4 Å². The first-order valence-electron chi connectivity index (χ1n) is 2.27. The summed E-state index contributed by atoms with van der Waals surface area (Å²) in [6.07, 6.45) is 5.97. The Labute approximate surface area is 59.2 Å². The Morgan fingerprint density at radius 2 is 2.38 bits per heavy atom. The summed E-state index contributed by atoms with van der Waals surface area (Å²) in [5.41, 5.74) is 0. The van der Waals surface area contributed by atoms with Crippen molar-refractivity contribution >= 4 is 24.8 Å². The maximum Gasteiger partial charge on any atom is 0.110 e. The third-order valence-electron chi connectivity index (χ3n) is 0.924. The first kappa shape index (κ1) is 6.16. The molecule has 0 spiro atoms. The Hall–Kier alpha value is 0.0400. The summed E-state index contributed by atoms with van der Waals surface area (Å²) >= 11 is 5.79. The zero-order chi connectivity index (χ0) is 5.98. The lowest BCUT2D eigenvalue weighted by atomic mass is 11.0. The zero-order valence-corrected chi connectivity index (χ0v) is 6.32. The lowest BCUT2D eigenvalue weighted by Gasteiger charge is -2.12. The van der Waals surface area contributed by atoms with Gasteiger partial charge in [-0.3, -0.25) is 0 Å². The number of thiol groups is 1. The van der Waals surface area contributed by atoms with Crippen molar-refractivity contribution in [3.63, 3.8) is 0 Å². The molecule has 0 saturated heterocycles. The Morgan fingerprint density at radius 3 is 2.62 bits per heavy atom. The monoisotopic (exact) mass is 148 g/mol. The van der Waals surface area contributed by atoms with E-state index in [1.165, 1.54) is 0 Å². The van der Waals surface area contributed by atoms with Crippen LogP contribution in [0.2, 0.25) is 0 Å². The van der Waals surface area contributed by atoms with Gasteiger partial charge in [0.2, 0.25) is 0 Å². The van der Waals surface area contributed by atoms with E-state index in [0.29, 0.717) is 0 Å². The Kier molecular flexibility index (Phi) is 1.96. The highest BCUT2D eigenvalue weighted by Crippen LogP contribution is 2.14. The number of hydrogen-bond acceptors (Lipinski definition) is 4. The van der Waals surface area contributed by atoms with Gasteiger partial charge in [-0.15, -0.1) is 0 Å². The minimum absolute atomic E-state index is 0.879. The summed E-state index contributed by atoms with van der Waals surface area (Å²) in [6, 6.07) is 0. The van der Waals surface area contributed by atoms with Crippen LogP contribution in [0, 0.1) is 0 Å². The molecule has 0 saturated carbocycles. The molecule has 0 aromatic heterocycles. The van der Waals surface area contributed by atoms with Gasteiger partial charge in [-0.25, -0.2) is 0 Å². The van der Waals surface area contributed by atoms with E-state index in [1.807, 2.05) is 23.0 Å². The zero-order valence-electron chi connectivity index (χ0n) is 4.61. The van der Waals surface area contributed by atoms with Crippen molar-refractivity contribution in [2.75, 3.05) is 12.9 Å². The van der Waals surface area contributed by atoms with Crippen molar-refractivity contribution in [3.05, 3.63) is 12.4 Å². The second-order valence-electron chi connectivity index (χ2n) is 1.48. The molecule has 0 N–H and O–H groups in total. The van der Waals surface area contributed by atoms with Gasteiger partial charge in [0.25, 0.3) is 0 Å². The highest BCUT2D eigenvalue weighted by Gasteiger charge is 2.05. The van der Waals surface area contributed by atoms with E-state index in [1.54, 1.807) is 11.9 Å². The molecule has 0 atom stereocenters. The molecule has 0 fully saturated rings. The van der Waals surface area contributed by atoms with Gasteiger partial charge in [0, 0.05) is 18.7 Å². The molecule has 46 valence electrons. The molecule has 4 heteroatoms. The third kappa shape index (κ3) is 1.26. The highest BCUT2D eigenvalue weighted by atomic mass is 32.2. The van der Waals surface area contributed by atoms with Crippen molar-refractivity contribution in [1.29, 1.82) is 0 Å². The van der Waals surface area contributed by atoms with Crippen molar-refractivity contribution in [1.82, 2.24) is 8.61 Å². The van der Waals surface area contributed by atoms with Crippen LogP contribution in [0.4, 0.5) is 0 Å². The van der Waals surface area contributed by atoms with E-state index >= 15 is 0 Å². The SMILES string of the molecule is CSN1C=CN(S)C1. The van der Waals surface area contributed by atoms with Crippen LogP contribution in [0.1, 0.15) is 0 Å². The highest BCUT2D eigenvalue weighted by molar-refractivity contribution is 7.96. The van der Waals surface area contributed by atoms with Gasteiger partial charge in [-0.1, -0.05) is 24.8 Å². The Morgan fingerprint density at radius 1 is 1.62 bits per heavy atom. The molecule has 0 unspecified atom stereocenters. The van der Waals surface area contributed by atoms with E-state index in [4.69, 9.17) is 0 Å². The molecule has 1 aliphatic heterocycles. The van der Waals surface area contributed by atoms with Crippen LogP contribution >= 0.6 is 24.8 Å². The molecule has 1 heterocycles. The van der Waals surface area contributed by atoms with Gasteiger partial charge in [-0.05, 0) is 0 Å². The predicted molar refractivity (Wildman–Crippen MR) is 40.2 cm³/mol. The topological polar surface area (TPSA) is 6.48 Å². The van der Waals surface area contributed by atoms with Crippen molar-refractivity contribution in [3.8, 4) is 0 Å². The summed E-state index contributed by atoms with van der Waals surface area (Å²) in [5, 5.41) is 0. The Bertz CT molecular complexity index is 104. The maximum absolute atomic E-state index is 4.10. The summed E-state index contributed by atoms with van der Waals surface area (Å²) in [7, 11) is 0. The molecule has 2 nitrogen and oxygen atoms in total. The second-order valence-corrected chi connectivity index (χ2v) is 2.83.